The molecule has 0 saturated heterocycles. The highest BCUT2D eigenvalue weighted by atomic mass is 16.5. The molecular formula is C9H16N2O6. The maximum absolute atomic E-state index is 11.3. The molecule has 0 amide bonds. The molecule has 0 bridgehead atoms. The Kier molecular flexibility index (Phi) is 6.83. The lowest BCUT2D eigenvalue weighted by atomic mass is 10.2. The Labute approximate surface area is 98.1 Å². The standard InChI is InChI=1S/C9H16N2O6/c1-16-7(12)3-6(9(15)17-2)11-4-5(10)8(13)14/h5-6,11H,3-4,10H2,1-2H3,(H,13,14)/t5-,6+/m1/s1. The Hall–Kier alpha value is -1.67. The van der Waals surface area contributed by atoms with E-state index in [4.69, 9.17) is 10.8 Å². The summed E-state index contributed by atoms with van der Waals surface area (Å²) in [4.78, 5) is 32.7. The number of nitrogens with one attached hydrogen (secondary N) is 1. The summed E-state index contributed by atoms with van der Waals surface area (Å²) in [5.74, 6) is -2.51. The zero-order valence-corrected chi connectivity index (χ0v) is 9.63. The number of esters is 2. The SMILES string of the molecule is COC(=O)C[C@H](NC[C@@H](N)C(=O)O)C(=O)OC. The topological polar surface area (TPSA) is 128 Å². The Bertz CT molecular complexity index is 293. The van der Waals surface area contributed by atoms with Gasteiger partial charge in [-0.15, -0.1) is 0 Å². The zero-order chi connectivity index (χ0) is 13.4. The summed E-state index contributed by atoms with van der Waals surface area (Å²) in [5, 5.41) is 11.1. The lowest BCUT2D eigenvalue weighted by Gasteiger charge is -2.16. The molecule has 0 radical (unpaired) electrons. The molecule has 0 spiro atoms. The van der Waals surface area contributed by atoms with E-state index in [0.29, 0.717) is 0 Å². The van der Waals surface area contributed by atoms with E-state index in [0.717, 1.165) is 7.11 Å². The fourth-order valence-corrected chi connectivity index (χ4v) is 0.988. The van der Waals surface area contributed by atoms with Gasteiger partial charge in [0.1, 0.15) is 12.1 Å². The van der Waals surface area contributed by atoms with Crippen molar-refractivity contribution in [2.45, 2.75) is 18.5 Å². The van der Waals surface area contributed by atoms with E-state index < -0.39 is 30.0 Å². The van der Waals surface area contributed by atoms with Crippen LogP contribution in [0.25, 0.3) is 0 Å². The fraction of sp³-hybridized carbons (Fsp3) is 0.667. The summed E-state index contributed by atoms with van der Waals surface area (Å²) in [6.45, 7) is -0.161. The molecule has 8 heteroatoms. The second-order valence-corrected chi connectivity index (χ2v) is 3.21. The summed E-state index contributed by atoms with van der Waals surface area (Å²) < 4.78 is 8.85. The summed E-state index contributed by atoms with van der Waals surface area (Å²) in [6.07, 6.45) is -0.254. The van der Waals surface area contributed by atoms with Gasteiger partial charge in [-0.05, 0) is 0 Å². The Morgan fingerprint density at radius 3 is 2.29 bits per heavy atom. The van der Waals surface area contributed by atoms with E-state index in [1.54, 1.807) is 0 Å². The molecule has 2 atom stereocenters. The summed E-state index contributed by atoms with van der Waals surface area (Å²) >= 11 is 0. The first-order chi connectivity index (χ1) is 7.92. The first-order valence-electron chi connectivity index (χ1n) is 4.78. The molecule has 0 rings (SSSR count). The van der Waals surface area contributed by atoms with E-state index in [1.807, 2.05) is 0 Å². The van der Waals surface area contributed by atoms with Crippen LogP contribution in [-0.4, -0.2) is 55.9 Å². The minimum absolute atomic E-state index is 0.161. The van der Waals surface area contributed by atoms with Gasteiger partial charge in [0, 0.05) is 6.54 Å². The van der Waals surface area contributed by atoms with Gasteiger partial charge in [0.15, 0.2) is 0 Å². The van der Waals surface area contributed by atoms with Gasteiger partial charge in [-0.3, -0.25) is 14.4 Å². The number of rotatable bonds is 7. The van der Waals surface area contributed by atoms with Crippen LogP contribution in [0.2, 0.25) is 0 Å². The predicted octanol–water partition coefficient (Wildman–Crippen LogP) is -1.91. The van der Waals surface area contributed by atoms with E-state index in [9.17, 15) is 14.4 Å². The Morgan fingerprint density at radius 1 is 1.29 bits per heavy atom. The first-order valence-corrected chi connectivity index (χ1v) is 4.78. The molecule has 4 N–H and O–H groups in total. The van der Waals surface area contributed by atoms with Crippen molar-refractivity contribution >= 4 is 17.9 Å². The molecule has 0 aromatic carbocycles. The molecule has 17 heavy (non-hydrogen) atoms. The number of aliphatic carboxylic acids is 1. The first kappa shape index (κ1) is 15.3. The molecule has 0 fully saturated rings. The fourth-order valence-electron chi connectivity index (χ4n) is 0.988. The smallest absolute Gasteiger partial charge is 0.323 e. The molecule has 0 heterocycles. The highest BCUT2D eigenvalue weighted by molar-refractivity contribution is 5.82. The van der Waals surface area contributed by atoms with Crippen LogP contribution in [0.1, 0.15) is 6.42 Å². The van der Waals surface area contributed by atoms with Crippen LogP contribution in [0.4, 0.5) is 0 Å². The number of methoxy groups -OCH3 is 2. The van der Waals surface area contributed by atoms with Crippen LogP contribution in [0.3, 0.4) is 0 Å². The number of carbonyl (C=O) groups is 3. The Balaban J connectivity index is 4.34. The van der Waals surface area contributed by atoms with Gasteiger partial charge in [-0.2, -0.15) is 0 Å². The number of carboxylic acid groups (broad SMARTS) is 1. The lowest BCUT2D eigenvalue weighted by molar-refractivity contribution is -0.149. The maximum Gasteiger partial charge on any atom is 0.323 e. The van der Waals surface area contributed by atoms with Crippen molar-refractivity contribution in [1.82, 2.24) is 5.32 Å². The molecular weight excluding hydrogens is 232 g/mol. The highest BCUT2D eigenvalue weighted by Gasteiger charge is 2.24. The molecule has 98 valence electrons. The van der Waals surface area contributed by atoms with E-state index in [2.05, 4.69) is 14.8 Å². The highest BCUT2D eigenvalue weighted by Crippen LogP contribution is 1.97. The van der Waals surface area contributed by atoms with Crippen molar-refractivity contribution < 1.29 is 29.0 Å². The molecule has 0 aliphatic heterocycles. The average Bonchev–Trinajstić information content (AvgIpc) is 2.32. The molecule has 0 aromatic rings. The van der Waals surface area contributed by atoms with Gasteiger partial charge in [-0.25, -0.2) is 0 Å². The minimum atomic E-state index is -1.21. The maximum atomic E-state index is 11.3. The summed E-state index contributed by atoms with van der Waals surface area (Å²) in [6, 6.07) is -2.14. The van der Waals surface area contributed by atoms with Crippen LogP contribution in [0, 0.1) is 0 Å². The van der Waals surface area contributed by atoms with Crippen molar-refractivity contribution in [2.24, 2.45) is 5.73 Å². The lowest BCUT2D eigenvalue weighted by Crippen LogP contribution is -2.47. The number of carboxylic acids is 1. The van der Waals surface area contributed by atoms with E-state index in [1.165, 1.54) is 7.11 Å². The van der Waals surface area contributed by atoms with Gasteiger partial charge in [0.05, 0.1) is 20.6 Å². The van der Waals surface area contributed by atoms with Crippen LogP contribution < -0.4 is 11.1 Å². The number of ether oxygens (including phenoxy) is 2. The molecule has 0 aromatic heterocycles. The third-order valence-electron chi connectivity index (χ3n) is 1.99. The van der Waals surface area contributed by atoms with Gasteiger partial charge in [-0.1, -0.05) is 0 Å². The normalized spacial score (nSPS) is 13.6. The molecule has 0 aliphatic rings. The Morgan fingerprint density at radius 2 is 1.88 bits per heavy atom. The van der Waals surface area contributed by atoms with Crippen molar-refractivity contribution in [3.8, 4) is 0 Å². The molecule has 0 unspecified atom stereocenters. The van der Waals surface area contributed by atoms with Crippen molar-refractivity contribution in [1.29, 1.82) is 0 Å². The van der Waals surface area contributed by atoms with Crippen LogP contribution in [0.5, 0.6) is 0 Å². The number of carbonyl (C=O) groups excluding carboxylic acids is 2. The quantitative estimate of drug-likeness (QED) is 0.445. The third kappa shape index (κ3) is 5.83. The van der Waals surface area contributed by atoms with Gasteiger partial charge in [0.2, 0.25) is 0 Å². The minimum Gasteiger partial charge on any atom is -0.480 e. The summed E-state index contributed by atoms with van der Waals surface area (Å²) in [7, 11) is 2.34. The summed E-state index contributed by atoms with van der Waals surface area (Å²) in [5.41, 5.74) is 5.24. The number of hydrogen-bond donors (Lipinski definition) is 3. The second-order valence-electron chi connectivity index (χ2n) is 3.21. The molecule has 0 aliphatic carbocycles. The predicted molar refractivity (Wildman–Crippen MR) is 56.1 cm³/mol. The van der Waals surface area contributed by atoms with Crippen LogP contribution in [-0.2, 0) is 23.9 Å². The van der Waals surface area contributed by atoms with E-state index in [-0.39, 0.29) is 13.0 Å². The van der Waals surface area contributed by atoms with E-state index >= 15 is 0 Å². The molecule has 0 saturated carbocycles. The van der Waals surface area contributed by atoms with Crippen LogP contribution in [0.15, 0.2) is 0 Å². The van der Waals surface area contributed by atoms with Gasteiger partial charge < -0.3 is 25.6 Å². The largest absolute Gasteiger partial charge is 0.480 e. The van der Waals surface area contributed by atoms with Crippen molar-refractivity contribution in [3.05, 3.63) is 0 Å². The van der Waals surface area contributed by atoms with Gasteiger partial charge >= 0.3 is 17.9 Å². The second kappa shape index (κ2) is 7.58. The zero-order valence-electron chi connectivity index (χ0n) is 9.63. The van der Waals surface area contributed by atoms with Gasteiger partial charge in [0.25, 0.3) is 0 Å². The molecule has 8 nitrogen and oxygen atoms in total. The number of nitrogens with two attached hydrogens (primary N) is 1. The number of hydrogen-bond acceptors (Lipinski definition) is 7. The van der Waals surface area contributed by atoms with Crippen LogP contribution >= 0.6 is 0 Å². The monoisotopic (exact) mass is 248 g/mol. The van der Waals surface area contributed by atoms with Crippen molar-refractivity contribution in [2.75, 3.05) is 20.8 Å². The average molecular weight is 248 g/mol. The third-order valence-corrected chi connectivity index (χ3v) is 1.99. The van der Waals surface area contributed by atoms with Crippen molar-refractivity contribution in [3.63, 3.8) is 0 Å².